The molecule has 0 aliphatic carbocycles. The number of rotatable bonds is 5. The summed E-state index contributed by atoms with van der Waals surface area (Å²) >= 11 is 0. The Morgan fingerprint density at radius 1 is 1.00 bits per heavy atom. The molecule has 0 spiro atoms. The molecule has 0 bridgehead atoms. The number of benzene rings is 2. The van der Waals surface area contributed by atoms with Gasteiger partial charge in [-0.3, -0.25) is 14.5 Å². The Hall–Kier alpha value is -4.06. The normalized spacial score (nSPS) is 11.4. The van der Waals surface area contributed by atoms with E-state index in [0.29, 0.717) is 5.56 Å². The zero-order chi connectivity index (χ0) is 21.3. The van der Waals surface area contributed by atoms with Crippen molar-refractivity contribution in [2.24, 2.45) is 0 Å². The summed E-state index contributed by atoms with van der Waals surface area (Å²) in [6.45, 7) is 0. The molecule has 30 heavy (non-hydrogen) atoms. The van der Waals surface area contributed by atoms with E-state index in [2.05, 4.69) is 19.9 Å². The van der Waals surface area contributed by atoms with E-state index in [-0.39, 0.29) is 23.0 Å². The minimum Gasteiger partial charge on any atom is -0.416 e. The van der Waals surface area contributed by atoms with Crippen LogP contribution in [0.25, 0.3) is 22.9 Å². The van der Waals surface area contributed by atoms with E-state index in [9.17, 15) is 22.4 Å². The van der Waals surface area contributed by atoms with Gasteiger partial charge >= 0.3 is 5.69 Å². The van der Waals surface area contributed by atoms with Crippen molar-refractivity contribution in [3.63, 3.8) is 0 Å². The van der Waals surface area contributed by atoms with Crippen LogP contribution in [0.2, 0.25) is 0 Å². The summed E-state index contributed by atoms with van der Waals surface area (Å²) in [5.41, 5.74) is -1.30. The summed E-state index contributed by atoms with van der Waals surface area (Å²) < 4.78 is 46.6. The van der Waals surface area contributed by atoms with Gasteiger partial charge in [0.15, 0.2) is 4.90 Å². The van der Waals surface area contributed by atoms with Gasteiger partial charge in [0, 0.05) is 17.4 Å². The van der Waals surface area contributed by atoms with Crippen molar-refractivity contribution < 1.29 is 17.2 Å². The number of aromatic nitrogens is 4. The van der Waals surface area contributed by atoms with Gasteiger partial charge in [-0.25, -0.2) is 17.6 Å². The smallest absolute Gasteiger partial charge is 0.325 e. The van der Waals surface area contributed by atoms with E-state index in [1.807, 2.05) is 4.98 Å². The van der Waals surface area contributed by atoms with E-state index in [1.54, 1.807) is 12.1 Å². The highest BCUT2D eigenvalue weighted by molar-refractivity contribution is 7.92. The van der Waals surface area contributed by atoms with Gasteiger partial charge in [0.2, 0.25) is 5.89 Å². The van der Waals surface area contributed by atoms with Crippen molar-refractivity contribution in [2.75, 3.05) is 4.72 Å². The van der Waals surface area contributed by atoms with Gasteiger partial charge in [0.1, 0.15) is 5.82 Å². The summed E-state index contributed by atoms with van der Waals surface area (Å²) in [4.78, 5) is 26.1. The molecule has 2 aromatic heterocycles. The third-order valence-electron chi connectivity index (χ3n) is 3.97. The monoisotopic (exact) mass is 429 g/mol. The average molecular weight is 429 g/mol. The highest BCUT2D eigenvalue weighted by Crippen LogP contribution is 2.27. The van der Waals surface area contributed by atoms with Gasteiger partial charge in [-0.15, -0.1) is 10.2 Å². The van der Waals surface area contributed by atoms with Crippen molar-refractivity contribution in [3.8, 4) is 22.9 Å². The second kappa shape index (κ2) is 7.40. The van der Waals surface area contributed by atoms with Crippen LogP contribution in [0.15, 0.2) is 73.6 Å². The molecule has 0 unspecified atom stereocenters. The number of sulfonamides is 1. The minimum atomic E-state index is -4.28. The van der Waals surface area contributed by atoms with E-state index in [1.165, 1.54) is 36.4 Å². The van der Waals surface area contributed by atoms with E-state index in [4.69, 9.17) is 4.42 Å². The fourth-order valence-electron chi connectivity index (χ4n) is 2.61. The zero-order valence-corrected chi connectivity index (χ0v) is 15.7. The lowest BCUT2D eigenvalue weighted by Crippen LogP contribution is -2.29. The third kappa shape index (κ3) is 3.75. The number of aromatic amines is 2. The maximum absolute atomic E-state index is 13.9. The molecule has 2 heterocycles. The summed E-state index contributed by atoms with van der Waals surface area (Å²) in [5.74, 6) is -0.523. The Kier molecular flexibility index (Phi) is 4.75. The summed E-state index contributed by atoms with van der Waals surface area (Å²) in [6.07, 6.45) is 0.798. The minimum absolute atomic E-state index is 0.0335. The molecule has 0 aliphatic heterocycles. The molecule has 0 atom stereocenters. The molecule has 0 radical (unpaired) electrons. The number of halogens is 1. The van der Waals surface area contributed by atoms with Crippen LogP contribution in [0.3, 0.4) is 0 Å². The molecule has 2 aromatic carbocycles. The summed E-state index contributed by atoms with van der Waals surface area (Å²) in [5, 5.41) is 7.69. The lowest BCUT2D eigenvalue weighted by molar-refractivity contribution is 0.570. The maximum atomic E-state index is 13.9. The fourth-order valence-corrected chi connectivity index (χ4v) is 3.66. The first-order valence-corrected chi connectivity index (χ1v) is 9.85. The molecule has 10 nitrogen and oxygen atoms in total. The second-order valence-corrected chi connectivity index (χ2v) is 7.67. The molecular formula is C18H12FN5O5S. The number of H-pyrrole nitrogens is 2. The van der Waals surface area contributed by atoms with Crippen LogP contribution < -0.4 is 16.0 Å². The topological polar surface area (TPSA) is 151 Å². The molecule has 12 heteroatoms. The number of anilines is 1. The lowest BCUT2D eigenvalue weighted by Gasteiger charge is -2.07. The van der Waals surface area contributed by atoms with Crippen LogP contribution in [0.1, 0.15) is 0 Å². The first kappa shape index (κ1) is 19.3. The SMILES string of the molecule is O=c1[nH]cc(S(=O)(=O)Nc2cccc(-c3nnc(-c4ccccc4F)o3)c2)c(=O)[nH]1. The van der Waals surface area contributed by atoms with Gasteiger partial charge in [0.25, 0.3) is 21.5 Å². The number of nitrogens with one attached hydrogen (secondary N) is 3. The van der Waals surface area contributed by atoms with Crippen LogP contribution >= 0.6 is 0 Å². The third-order valence-corrected chi connectivity index (χ3v) is 5.35. The van der Waals surface area contributed by atoms with Gasteiger partial charge in [-0.1, -0.05) is 18.2 Å². The first-order chi connectivity index (χ1) is 14.3. The van der Waals surface area contributed by atoms with Crippen LogP contribution in [0, 0.1) is 5.82 Å². The molecular weight excluding hydrogens is 417 g/mol. The Morgan fingerprint density at radius 2 is 1.77 bits per heavy atom. The van der Waals surface area contributed by atoms with Gasteiger partial charge in [-0.2, -0.15) is 0 Å². The fraction of sp³-hybridized carbons (Fsp3) is 0. The standard InChI is InChI=1S/C18H12FN5O5S/c19-13-7-2-1-6-12(13)17-23-22-16(29-17)10-4-3-5-11(8-10)24-30(27,28)14-9-20-18(26)21-15(14)25/h1-9,24H,(H2,20,21,25,26). The molecule has 4 rings (SSSR count). The predicted molar refractivity (Wildman–Crippen MR) is 104 cm³/mol. The van der Waals surface area contributed by atoms with E-state index >= 15 is 0 Å². The van der Waals surface area contributed by atoms with Crippen molar-refractivity contribution in [1.82, 2.24) is 20.2 Å². The number of hydrogen-bond donors (Lipinski definition) is 3. The molecule has 0 saturated heterocycles. The van der Waals surface area contributed by atoms with Crippen molar-refractivity contribution in [2.45, 2.75) is 4.90 Å². The molecule has 0 fully saturated rings. The Balaban J connectivity index is 1.65. The largest absolute Gasteiger partial charge is 0.416 e. The van der Waals surface area contributed by atoms with Crippen LogP contribution in [-0.2, 0) is 10.0 Å². The molecule has 152 valence electrons. The van der Waals surface area contributed by atoms with E-state index < -0.39 is 32.0 Å². The number of nitrogens with zero attached hydrogens (tertiary/aromatic N) is 2. The quantitative estimate of drug-likeness (QED) is 0.437. The van der Waals surface area contributed by atoms with Gasteiger partial charge in [0.05, 0.1) is 5.56 Å². The first-order valence-electron chi connectivity index (χ1n) is 8.37. The average Bonchev–Trinajstić information content (AvgIpc) is 3.18. The molecule has 0 saturated carbocycles. The molecule has 0 aliphatic rings. The zero-order valence-electron chi connectivity index (χ0n) is 14.9. The van der Waals surface area contributed by atoms with E-state index in [0.717, 1.165) is 6.20 Å². The number of hydrogen-bond acceptors (Lipinski definition) is 7. The van der Waals surface area contributed by atoms with Crippen molar-refractivity contribution in [3.05, 3.63) is 81.4 Å². The van der Waals surface area contributed by atoms with Crippen LogP contribution in [-0.4, -0.2) is 28.6 Å². The molecule has 0 amide bonds. The summed E-state index contributed by atoms with van der Waals surface area (Å²) in [7, 11) is -4.28. The van der Waals surface area contributed by atoms with Crippen LogP contribution in [0.5, 0.6) is 0 Å². The Labute approximate surface area is 167 Å². The van der Waals surface area contributed by atoms with Gasteiger partial charge in [-0.05, 0) is 30.3 Å². The Bertz CT molecular complexity index is 1460. The second-order valence-electron chi connectivity index (χ2n) is 6.01. The predicted octanol–water partition coefficient (Wildman–Crippen LogP) is 1.72. The highest BCUT2D eigenvalue weighted by Gasteiger charge is 2.20. The Morgan fingerprint density at radius 3 is 2.53 bits per heavy atom. The molecule has 4 aromatic rings. The van der Waals surface area contributed by atoms with Gasteiger partial charge < -0.3 is 9.40 Å². The van der Waals surface area contributed by atoms with Crippen molar-refractivity contribution in [1.29, 1.82) is 0 Å². The van der Waals surface area contributed by atoms with Crippen molar-refractivity contribution >= 4 is 15.7 Å². The lowest BCUT2D eigenvalue weighted by atomic mass is 10.2. The molecule has 3 N–H and O–H groups in total. The maximum Gasteiger partial charge on any atom is 0.325 e. The summed E-state index contributed by atoms with van der Waals surface area (Å²) in [6, 6.07) is 11.8. The highest BCUT2D eigenvalue weighted by atomic mass is 32.2. The van der Waals surface area contributed by atoms with Crippen LogP contribution in [0.4, 0.5) is 10.1 Å².